The Morgan fingerprint density at radius 3 is 2.69 bits per heavy atom. The van der Waals surface area contributed by atoms with Crippen molar-refractivity contribution in [3.8, 4) is 0 Å². The Bertz CT molecular complexity index is 787. The number of thiophene rings is 1. The van der Waals surface area contributed by atoms with Crippen molar-refractivity contribution in [1.82, 2.24) is 4.90 Å². The summed E-state index contributed by atoms with van der Waals surface area (Å²) in [6.07, 6.45) is 6.36. The molecule has 2 aliphatic rings. The number of nitrogens with zero attached hydrogens (tertiary/aromatic N) is 1. The van der Waals surface area contributed by atoms with Crippen molar-refractivity contribution in [2.24, 2.45) is 11.8 Å². The van der Waals surface area contributed by atoms with E-state index in [1.807, 2.05) is 34.5 Å². The zero-order chi connectivity index (χ0) is 17.9. The van der Waals surface area contributed by atoms with Crippen LogP contribution in [0.4, 0.5) is 5.69 Å². The topological polar surface area (TPSA) is 49.4 Å². The lowest BCUT2D eigenvalue weighted by Crippen LogP contribution is -2.44. The molecular formula is C21H24N2O2S. The van der Waals surface area contributed by atoms with Crippen LogP contribution in [0, 0.1) is 11.8 Å². The van der Waals surface area contributed by atoms with Gasteiger partial charge in [-0.2, -0.15) is 0 Å². The molecule has 2 aromatic rings. The second kappa shape index (κ2) is 7.62. The van der Waals surface area contributed by atoms with E-state index in [1.54, 1.807) is 12.1 Å². The molecule has 2 heterocycles. The minimum absolute atomic E-state index is 0.0845. The molecule has 1 aliphatic carbocycles. The number of carbonyl (C=O) groups excluding carboxylic acids is 2. The smallest absolute Gasteiger partial charge is 0.265 e. The van der Waals surface area contributed by atoms with Crippen LogP contribution in [0.5, 0.6) is 0 Å². The summed E-state index contributed by atoms with van der Waals surface area (Å²) in [6, 6.07) is 11.0. The van der Waals surface area contributed by atoms with Gasteiger partial charge in [-0.1, -0.05) is 31.4 Å². The molecule has 4 nitrogen and oxygen atoms in total. The maximum Gasteiger partial charge on any atom is 0.265 e. The zero-order valence-corrected chi connectivity index (χ0v) is 15.6. The molecule has 1 aromatic carbocycles. The standard InChI is InChI=1S/C21H24N2O2S/c24-20(19-9-4-12-26-19)22-18-8-3-7-16(13-18)21(25)23-11-10-15-5-1-2-6-17(15)14-23/h3-4,7-9,12-13,15,17H,1-2,5-6,10-11,14H2,(H,22,24)/t15-,17-/m1/s1. The van der Waals surface area contributed by atoms with E-state index in [2.05, 4.69) is 5.32 Å². The van der Waals surface area contributed by atoms with Crippen LogP contribution in [0.25, 0.3) is 0 Å². The first-order chi connectivity index (χ1) is 12.7. The molecule has 1 aliphatic heterocycles. The molecule has 1 saturated heterocycles. The van der Waals surface area contributed by atoms with Crippen LogP contribution in [0.15, 0.2) is 41.8 Å². The van der Waals surface area contributed by atoms with E-state index in [4.69, 9.17) is 0 Å². The Balaban J connectivity index is 1.44. The van der Waals surface area contributed by atoms with Gasteiger partial charge in [0, 0.05) is 24.3 Å². The Kier molecular flexibility index (Phi) is 5.07. The van der Waals surface area contributed by atoms with E-state index in [1.165, 1.54) is 37.0 Å². The van der Waals surface area contributed by atoms with Crippen LogP contribution in [0.1, 0.15) is 52.1 Å². The van der Waals surface area contributed by atoms with Gasteiger partial charge in [0.2, 0.25) is 0 Å². The molecule has 2 amide bonds. The summed E-state index contributed by atoms with van der Waals surface area (Å²) in [4.78, 5) is 27.8. The molecule has 0 bridgehead atoms. The SMILES string of the molecule is O=C(Nc1cccc(C(=O)N2CC[C@H]3CCCC[C@@H]3C2)c1)c1cccs1. The van der Waals surface area contributed by atoms with Gasteiger partial charge in [-0.15, -0.1) is 11.3 Å². The van der Waals surface area contributed by atoms with E-state index in [0.29, 0.717) is 22.0 Å². The van der Waals surface area contributed by atoms with E-state index < -0.39 is 0 Å². The number of benzene rings is 1. The summed E-state index contributed by atoms with van der Waals surface area (Å²) in [5.74, 6) is 1.43. The third-order valence-electron chi connectivity index (χ3n) is 5.69. The predicted octanol–water partition coefficient (Wildman–Crippen LogP) is 4.65. The molecule has 136 valence electrons. The molecule has 0 radical (unpaired) electrons. The van der Waals surface area contributed by atoms with Crippen molar-refractivity contribution in [2.75, 3.05) is 18.4 Å². The summed E-state index contributed by atoms with van der Waals surface area (Å²) in [7, 11) is 0. The second-order valence-electron chi connectivity index (χ2n) is 7.36. The van der Waals surface area contributed by atoms with Gasteiger partial charge in [0.1, 0.15) is 0 Å². The fraction of sp³-hybridized carbons (Fsp3) is 0.429. The van der Waals surface area contributed by atoms with Gasteiger partial charge in [0.15, 0.2) is 0 Å². The quantitative estimate of drug-likeness (QED) is 0.857. The van der Waals surface area contributed by atoms with Crippen LogP contribution in [0.3, 0.4) is 0 Å². The Morgan fingerprint density at radius 1 is 1.04 bits per heavy atom. The third-order valence-corrected chi connectivity index (χ3v) is 6.56. The van der Waals surface area contributed by atoms with Gasteiger partial charge in [0.25, 0.3) is 11.8 Å². The number of likely N-dealkylation sites (tertiary alicyclic amines) is 1. The van der Waals surface area contributed by atoms with E-state index in [9.17, 15) is 9.59 Å². The molecular weight excluding hydrogens is 344 g/mol. The van der Waals surface area contributed by atoms with Crippen LogP contribution in [-0.4, -0.2) is 29.8 Å². The fourth-order valence-corrected chi connectivity index (χ4v) is 4.92. The monoisotopic (exact) mass is 368 g/mol. The van der Waals surface area contributed by atoms with Crippen molar-refractivity contribution in [3.05, 3.63) is 52.2 Å². The minimum atomic E-state index is -0.132. The first-order valence-corrected chi connectivity index (χ1v) is 10.3. The highest BCUT2D eigenvalue weighted by Crippen LogP contribution is 2.36. The predicted molar refractivity (Wildman–Crippen MR) is 105 cm³/mol. The highest BCUT2D eigenvalue weighted by atomic mass is 32.1. The first-order valence-electron chi connectivity index (χ1n) is 9.45. The van der Waals surface area contributed by atoms with Gasteiger partial charge < -0.3 is 10.2 Å². The maximum absolute atomic E-state index is 13.0. The van der Waals surface area contributed by atoms with Gasteiger partial charge in [-0.3, -0.25) is 9.59 Å². The molecule has 26 heavy (non-hydrogen) atoms. The van der Waals surface area contributed by atoms with Crippen molar-refractivity contribution < 1.29 is 9.59 Å². The molecule has 2 fully saturated rings. The highest BCUT2D eigenvalue weighted by molar-refractivity contribution is 7.12. The van der Waals surface area contributed by atoms with Crippen LogP contribution < -0.4 is 5.32 Å². The summed E-state index contributed by atoms with van der Waals surface area (Å²) in [5.41, 5.74) is 1.32. The van der Waals surface area contributed by atoms with Crippen molar-refractivity contribution in [1.29, 1.82) is 0 Å². The molecule has 1 aromatic heterocycles. The Morgan fingerprint density at radius 2 is 1.88 bits per heavy atom. The van der Waals surface area contributed by atoms with Gasteiger partial charge in [0.05, 0.1) is 4.88 Å². The summed E-state index contributed by atoms with van der Waals surface area (Å²) < 4.78 is 0. The number of piperidine rings is 1. The normalized spacial score (nSPS) is 22.5. The molecule has 4 rings (SSSR count). The number of hydrogen-bond acceptors (Lipinski definition) is 3. The fourth-order valence-electron chi connectivity index (χ4n) is 4.30. The lowest BCUT2D eigenvalue weighted by atomic mass is 9.75. The molecule has 1 saturated carbocycles. The minimum Gasteiger partial charge on any atom is -0.338 e. The number of nitrogens with one attached hydrogen (secondary N) is 1. The molecule has 0 spiro atoms. The largest absolute Gasteiger partial charge is 0.338 e. The van der Waals surface area contributed by atoms with Crippen molar-refractivity contribution in [2.45, 2.75) is 32.1 Å². The van der Waals surface area contributed by atoms with Crippen LogP contribution >= 0.6 is 11.3 Å². The van der Waals surface area contributed by atoms with Crippen molar-refractivity contribution in [3.63, 3.8) is 0 Å². The van der Waals surface area contributed by atoms with E-state index in [0.717, 1.165) is 25.4 Å². The lowest BCUT2D eigenvalue weighted by Gasteiger charge is -2.41. The summed E-state index contributed by atoms with van der Waals surface area (Å²) >= 11 is 1.41. The maximum atomic E-state index is 13.0. The molecule has 5 heteroatoms. The Labute approximate surface area is 158 Å². The third kappa shape index (κ3) is 3.68. The number of carbonyl (C=O) groups is 2. The number of anilines is 1. The summed E-state index contributed by atoms with van der Waals surface area (Å²) in [5, 5.41) is 4.77. The van der Waals surface area contributed by atoms with Gasteiger partial charge >= 0.3 is 0 Å². The molecule has 1 N–H and O–H groups in total. The second-order valence-corrected chi connectivity index (χ2v) is 8.30. The van der Waals surface area contributed by atoms with E-state index in [-0.39, 0.29) is 11.8 Å². The number of amides is 2. The van der Waals surface area contributed by atoms with E-state index >= 15 is 0 Å². The summed E-state index contributed by atoms with van der Waals surface area (Å²) in [6.45, 7) is 1.74. The Hall–Kier alpha value is -2.14. The number of fused-ring (bicyclic) bond motifs is 1. The first kappa shape index (κ1) is 17.3. The molecule has 0 unspecified atom stereocenters. The van der Waals surface area contributed by atoms with Gasteiger partial charge in [-0.05, 0) is 54.3 Å². The van der Waals surface area contributed by atoms with Crippen LogP contribution in [-0.2, 0) is 0 Å². The zero-order valence-electron chi connectivity index (χ0n) is 14.8. The lowest BCUT2D eigenvalue weighted by molar-refractivity contribution is 0.0521. The average Bonchev–Trinajstić information content (AvgIpc) is 3.22. The van der Waals surface area contributed by atoms with Crippen molar-refractivity contribution >= 4 is 28.8 Å². The number of rotatable bonds is 3. The highest BCUT2D eigenvalue weighted by Gasteiger charge is 2.33. The van der Waals surface area contributed by atoms with Crippen LogP contribution in [0.2, 0.25) is 0 Å². The number of hydrogen-bond donors (Lipinski definition) is 1. The van der Waals surface area contributed by atoms with Gasteiger partial charge in [-0.25, -0.2) is 0 Å². The molecule has 2 atom stereocenters. The average molecular weight is 369 g/mol.